The second-order valence-electron chi connectivity index (χ2n) is 6.48. The van der Waals surface area contributed by atoms with Gasteiger partial charge in [0.1, 0.15) is 10.6 Å². The van der Waals surface area contributed by atoms with E-state index in [4.69, 9.17) is 4.74 Å². The maximum atomic E-state index is 12.5. The molecule has 0 spiro atoms. The lowest BCUT2D eigenvalue weighted by atomic mass is 10.0. The Morgan fingerprint density at radius 2 is 1.85 bits per heavy atom. The van der Waals surface area contributed by atoms with Gasteiger partial charge >= 0.3 is 5.97 Å². The molecule has 26 heavy (non-hydrogen) atoms. The largest absolute Gasteiger partial charge is 0.465 e. The lowest BCUT2D eigenvalue weighted by molar-refractivity contribution is -0.117. The minimum Gasteiger partial charge on any atom is -0.465 e. The molecule has 0 saturated carbocycles. The number of piperidine rings is 1. The standard InChI is InChI=1S/C20H24N2O3S/c1-14-17(15-9-5-3-6-10-15)18(20(24)25-2)19(26-14)21-16(23)13-22-11-7-4-8-12-22/h3,5-6,9-10H,4,7-8,11-13H2,1-2H3,(H,21,23). The van der Waals surface area contributed by atoms with Gasteiger partial charge in [-0.2, -0.15) is 0 Å². The SMILES string of the molecule is COC(=O)c1c(NC(=O)CN2CCCCC2)sc(C)c1-c1ccccc1. The van der Waals surface area contributed by atoms with Crippen molar-refractivity contribution in [2.45, 2.75) is 26.2 Å². The Labute approximate surface area is 158 Å². The fraction of sp³-hybridized carbons (Fsp3) is 0.400. The van der Waals surface area contributed by atoms with E-state index in [-0.39, 0.29) is 5.91 Å². The van der Waals surface area contributed by atoms with Crippen molar-refractivity contribution in [3.8, 4) is 11.1 Å². The highest BCUT2D eigenvalue weighted by molar-refractivity contribution is 7.17. The van der Waals surface area contributed by atoms with E-state index in [1.807, 2.05) is 37.3 Å². The van der Waals surface area contributed by atoms with E-state index in [2.05, 4.69) is 10.2 Å². The molecule has 0 unspecified atom stereocenters. The molecule has 1 amide bonds. The van der Waals surface area contributed by atoms with Crippen LogP contribution >= 0.6 is 11.3 Å². The van der Waals surface area contributed by atoms with Crippen molar-refractivity contribution in [2.24, 2.45) is 0 Å². The van der Waals surface area contributed by atoms with Gasteiger partial charge in [-0.05, 0) is 38.4 Å². The summed E-state index contributed by atoms with van der Waals surface area (Å²) in [4.78, 5) is 28.1. The van der Waals surface area contributed by atoms with Gasteiger partial charge in [0.15, 0.2) is 0 Å². The number of amides is 1. The molecule has 138 valence electrons. The van der Waals surface area contributed by atoms with Crippen molar-refractivity contribution in [3.05, 3.63) is 40.8 Å². The minimum atomic E-state index is -0.429. The number of benzene rings is 1. The molecule has 2 aromatic rings. The van der Waals surface area contributed by atoms with Crippen LogP contribution in [0.2, 0.25) is 0 Å². The summed E-state index contributed by atoms with van der Waals surface area (Å²) in [5.41, 5.74) is 2.21. The van der Waals surface area contributed by atoms with Gasteiger partial charge in [-0.3, -0.25) is 9.69 Å². The number of ether oxygens (including phenoxy) is 1. The van der Waals surface area contributed by atoms with E-state index in [1.54, 1.807) is 0 Å². The lowest BCUT2D eigenvalue weighted by Crippen LogP contribution is -2.36. The van der Waals surface area contributed by atoms with Gasteiger partial charge in [0, 0.05) is 10.4 Å². The second kappa shape index (κ2) is 8.47. The van der Waals surface area contributed by atoms with Crippen LogP contribution in [0.5, 0.6) is 0 Å². The van der Waals surface area contributed by atoms with Crippen LogP contribution in [-0.2, 0) is 9.53 Å². The summed E-state index contributed by atoms with van der Waals surface area (Å²) in [6.45, 7) is 4.23. The van der Waals surface area contributed by atoms with Gasteiger partial charge in [-0.1, -0.05) is 36.8 Å². The third-order valence-electron chi connectivity index (χ3n) is 4.61. The number of methoxy groups -OCH3 is 1. The van der Waals surface area contributed by atoms with Crippen molar-refractivity contribution in [1.29, 1.82) is 0 Å². The van der Waals surface area contributed by atoms with Crippen LogP contribution < -0.4 is 5.32 Å². The minimum absolute atomic E-state index is 0.0853. The molecule has 1 aliphatic rings. The van der Waals surface area contributed by atoms with Crippen molar-refractivity contribution in [1.82, 2.24) is 4.90 Å². The van der Waals surface area contributed by atoms with Crippen molar-refractivity contribution in [3.63, 3.8) is 0 Å². The number of hydrogen-bond acceptors (Lipinski definition) is 5. The zero-order valence-corrected chi connectivity index (χ0v) is 16.0. The molecule has 1 aromatic carbocycles. The monoisotopic (exact) mass is 372 g/mol. The average molecular weight is 372 g/mol. The topological polar surface area (TPSA) is 58.6 Å². The van der Waals surface area contributed by atoms with Crippen molar-refractivity contribution < 1.29 is 14.3 Å². The molecule has 2 heterocycles. The molecule has 0 atom stereocenters. The van der Waals surface area contributed by atoms with E-state index in [0.717, 1.165) is 41.9 Å². The van der Waals surface area contributed by atoms with Crippen LogP contribution in [0.15, 0.2) is 30.3 Å². The highest BCUT2D eigenvalue weighted by Crippen LogP contribution is 2.40. The summed E-state index contributed by atoms with van der Waals surface area (Å²) in [5.74, 6) is -0.514. The summed E-state index contributed by atoms with van der Waals surface area (Å²) in [6.07, 6.45) is 3.50. The maximum Gasteiger partial charge on any atom is 0.341 e. The summed E-state index contributed by atoms with van der Waals surface area (Å²) >= 11 is 1.42. The van der Waals surface area contributed by atoms with Crippen LogP contribution in [0.1, 0.15) is 34.5 Å². The molecule has 5 nitrogen and oxygen atoms in total. The normalized spacial score (nSPS) is 14.8. The molecule has 1 aromatic heterocycles. The van der Waals surface area contributed by atoms with E-state index in [1.165, 1.54) is 24.9 Å². The molecule has 1 saturated heterocycles. The molecular weight excluding hydrogens is 348 g/mol. The number of hydrogen-bond donors (Lipinski definition) is 1. The summed E-state index contributed by atoms with van der Waals surface area (Å²) < 4.78 is 4.99. The second-order valence-corrected chi connectivity index (χ2v) is 7.70. The zero-order chi connectivity index (χ0) is 18.5. The molecular formula is C20H24N2O3S. The Balaban J connectivity index is 1.87. The molecule has 6 heteroatoms. The number of nitrogens with zero attached hydrogens (tertiary/aromatic N) is 1. The molecule has 1 fully saturated rings. The fourth-order valence-electron chi connectivity index (χ4n) is 3.37. The Hall–Kier alpha value is -2.18. The lowest BCUT2D eigenvalue weighted by Gasteiger charge is -2.25. The summed E-state index contributed by atoms with van der Waals surface area (Å²) in [5, 5.41) is 3.51. The quantitative estimate of drug-likeness (QED) is 0.808. The molecule has 0 radical (unpaired) electrons. The third kappa shape index (κ3) is 4.14. The number of anilines is 1. The zero-order valence-electron chi connectivity index (χ0n) is 15.2. The number of nitrogens with one attached hydrogen (secondary N) is 1. The molecule has 1 aliphatic heterocycles. The Morgan fingerprint density at radius 3 is 2.50 bits per heavy atom. The third-order valence-corrected chi connectivity index (χ3v) is 5.63. The Morgan fingerprint density at radius 1 is 1.15 bits per heavy atom. The number of carbonyl (C=O) groups excluding carboxylic acids is 2. The van der Waals surface area contributed by atoms with Crippen molar-refractivity contribution in [2.75, 3.05) is 32.1 Å². The first kappa shape index (κ1) is 18.6. The van der Waals surface area contributed by atoms with Gasteiger partial charge in [0.2, 0.25) is 5.91 Å². The summed E-state index contributed by atoms with van der Waals surface area (Å²) in [6, 6.07) is 9.72. The van der Waals surface area contributed by atoms with Crippen molar-refractivity contribution >= 4 is 28.2 Å². The van der Waals surface area contributed by atoms with Crippen LogP contribution in [-0.4, -0.2) is 43.5 Å². The van der Waals surface area contributed by atoms with Gasteiger partial charge in [-0.15, -0.1) is 11.3 Å². The van der Waals surface area contributed by atoms with Crippen LogP contribution in [0, 0.1) is 6.92 Å². The first-order valence-electron chi connectivity index (χ1n) is 8.89. The Bertz CT molecular complexity index is 780. The molecule has 0 aliphatic carbocycles. The number of esters is 1. The predicted octanol–water partition coefficient (Wildman–Crippen LogP) is 3.93. The summed E-state index contributed by atoms with van der Waals surface area (Å²) in [7, 11) is 1.36. The van der Waals surface area contributed by atoms with Gasteiger partial charge in [-0.25, -0.2) is 4.79 Å². The van der Waals surface area contributed by atoms with Gasteiger partial charge in [0.25, 0.3) is 0 Å². The number of rotatable bonds is 5. The van der Waals surface area contributed by atoms with Gasteiger partial charge in [0.05, 0.1) is 13.7 Å². The van der Waals surface area contributed by atoms with Gasteiger partial charge < -0.3 is 10.1 Å². The van der Waals surface area contributed by atoms with E-state index in [9.17, 15) is 9.59 Å². The first-order chi connectivity index (χ1) is 12.6. The first-order valence-corrected chi connectivity index (χ1v) is 9.71. The molecule has 0 bridgehead atoms. The maximum absolute atomic E-state index is 12.5. The molecule has 3 rings (SSSR count). The highest BCUT2D eigenvalue weighted by Gasteiger charge is 2.25. The van der Waals surface area contributed by atoms with E-state index in [0.29, 0.717) is 17.1 Å². The average Bonchev–Trinajstić information content (AvgIpc) is 2.98. The van der Waals surface area contributed by atoms with Crippen LogP contribution in [0.4, 0.5) is 5.00 Å². The van der Waals surface area contributed by atoms with Crippen LogP contribution in [0.3, 0.4) is 0 Å². The highest BCUT2D eigenvalue weighted by atomic mass is 32.1. The predicted molar refractivity (Wildman–Crippen MR) is 105 cm³/mol. The fourth-order valence-corrected chi connectivity index (χ4v) is 4.45. The van der Waals surface area contributed by atoms with Crippen LogP contribution in [0.25, 0.3) is 11.1 Å². The van der Waals surface area contributed by atoms with E-state index >= 15 is 0 Å². The Kier molecular flexibility index (Phi) is 6.06. The van der Waals surface area contributed by atoms with E-state index < -0.39 is 5.97 Å². The number of aryl methyl sites for hydroxylation is 1. The smallest absolute Gasteiger partial charge is 0.341 e. The molecule has 1 N–H and O–H groups in total. The number of thiophene rings is 1. The number of likely N-dealkylation sites (tertiary alicyclic amines) is 1. The number of carbonyl (C=O) groups is 2.